The molecule has 30 heavy (non-hydrogen) atoms. The Balaban J connectivity index is 1.35. The van der Waals surface area contributed by atoms with E-state index in [1.807, 2.05) is 24.3 Å². The van der Waals surface area contributed by atoms with Gasteiger partial charge in [0.1, 0.15) is 11.5 Å². The second-order valence-electron chi connectivity index (χ2n) is 7.73. The second-order valence-corrected chi connectivity index (χ2v) is 7.73. The van der Waals surface area contributed by atoms with Gasteiger partial charge in [0.25, 0.3) is 0 Å². The summed E-state index contributed by atoms with van der Waals surface area (Å²) >= 11 is 0. The van der Waals surface area contributed by atoms with E-state index in [-0.39, 0.29) is 6.10 Å². The molecule has 7 nitrogen and oxygen atoms in total. The molecular weight excluding hydrogens is 380 g/mol. The zero-order chi connectivity index (χ0) is 20.6. The minimum absolute atomic E-state index is 0.255. The van der Waals surface area contributed by atoms with E-state index in [4.69, 9.17) is 18.9 Å². The summed E-state index contributed by atoms with van der Waals surface area (Å²) in [5.41, 5.74) is 1.21. The second kappa shape index (κ2) is 10.4. The van der Waals surface area contributed by atoms with Gasteiger partial charge in [-0.1, -0.05) is 6.07 Å². The maximum Gasteiger partial charge on any atom is 0.194 e. The molecule has 2 aromatic rings. The Labute approximate surface area is 178 Å². The molecule has 0 spiro atoms. The summed E-state index contributed by atoms with van der Waals surface area (Å²) in [5.74, 6) is 2.86. The van der Waals surface area contributed by atoms with Gasteiger partial charge in [-0.25, -0.2) is 0 Å². The van der Waals surface area contributed by atoms with Crippen molar-refractivity contribution < 1.29 is 13.9 Å². The molecule has 1 aromatic heterocycles. The molecule has 0 saturated carbocycles. The number of nitrogens with one attached hydrogen (secondary N) is 1. The molecule has 2 fully saturated rings. The molecule has 7 heteroatoms. The molecular formula is C23H32N4O3. The third-order valence-corrected chi connectivity index (χ3v) is 5.70. The van der Waals surface area contributed by atoms with Crippen LogP contribution in [0.2, 0.25) is 0 Å². The summed E-state index contributed by atoms with van der Waals surface area (Å²) in [6.07, 6.45) is 5.06. The number of methoxy groups -OCH3 is 1. The van der Waals surface area contributed by atoms with Crippen molar-refractivity contribution >= 4 is 11.6 Å². The first kappa shape index (κ1) is 20.6. The zero-order valence-electron chi connectivity index (χ0n) is 17.8. The molecule has 0 bridgehead atoms. The number of guanidine groups is 1. The van der Waals surface area contributed by atoms with Crippen LogP contribution in [0.1, 0.15) is 18.6 Å². The van der Waals surface area contributed by atoms with Crippen LogP contribution in [0.25, 0.3) is 0 Å². The molecule has 2 aliphatic rings. The normalized spacial score (nSPS) is 19.9. The highest BCUT2D eigenvalue weighted by molar-refractivity contribution is 5.80. The molecule has 4 rings (SSSR count). The number of ether oxygens (including phenoxy) is 2. The molecule has 162 valence electrons. The zero-order valence-corrected chi connectivity index (χ0v) is 17.8. The Hall–Kier alpha value is -2.67. The first-order valence-corrected chi connectivity index (χ1v) is 10.9. The summed E-state index contributed by atoms with van der Waals surface area (Å²) in [4.78, 5) is 9.67. The Bertz CT molecular complexity index is 795. The van der Waals surface area contributed by atoms with Crippen LogP contribution in [0.4, 0.5) is 5.69 Å². The van der Waals surface area contributed by atoms with Gasteiger partial charge in [0.05, 0.1) is 26.0 Å². The number of nitrogens with zero attached hydrogens (tertiary/aromatic N) is 3. The van der Waals surface area contributed by atoms with Crippen LogP contribution in [0.5, 0.6) is 5.75 Å². The summed E-state index contributed by atoms with van der Waals surface area (Å²) in [6, 6.07) is 12.2. The highest BCUT2D eigenvalue weighted by Gasteiger charge is 2.21. The maximum atomic E-state index is 5.76. The number of hydrogen-bond acceptors (Lipinski definition) is 5. The predicted octanol–water partition coefficient (Wildman–Crippen LogP) is 2.78. The molecule has 1 unspecified atom stereocenters. The Morgan fingerprint density at radius 2 is 2.10 bits per heavy atom. The molecule has 0 radical (unpaired) electrons. The molecule has 0 aliphatic carbocycles. The lowest BCUT2D eigenvalue weighted by molar-refractivity contribution is 0.117. The molecule has 1 aromatic carbocycles. The molecule has 2 aliphatic heterocycles. The van der Waals surface area contributed by atoms with Crippen molar-refractivity contribution in [2.45, 2.75) is 25.4 Å². The average Bonchev–Trinajstić information content (AvgIpc) is 3.51. The summed E-state index contributed by atoms with van der Waals surface area (Å²) in [6.45, 7) is 6.14. The number of benzene rings is 1. The number of piperazine rings is 1. The van der Waals surface area contributed by atoms with Crippen molar-refractivity contribution in [2.75, 3.05) is 57.9 Å². The van der Waals surface area contributed by atoms with Gasteiger partial charge in [-0.05, 0) is 37.1 Å². The van der Waals surface area contributed by atoms with Crippen LogP contribution >= 0.6 is 0 Å². The fraction of sp³-hybridized carbons (Fsp3) is 0.522. The van der Waals surface area contributed by atoms with E-state index in [1.165, 1.54) is 5.69 Å². The lowest BCUT2D eigenvalue weighted by atomic mass is 10.2. The quantitative estimate of drug-likeness (QED) is 0.557. The highest BCUT2D eigenvalue weighted by atomic mass is 16.5. The minimum Gasteiger partial charge on any atom is -0.497 e. The van der Waals surface area contributed by atoms with Crippen LogP contribution in [-0.2, 0) is 11.2 Å². The lowest BCUT2D eigenvalue weighted by Gasteiger charge is -2.38. The number of hydrogen-bond donors (Lipinski definition) is 1. The minimum atomic E-state index is 0.255. The fourth-order valence-corrected chi connectivity index (χ4v) is 3.98. The van der Waals surface area contributed by atoms with Crippen molar-refractivity contribution in [3.63, 3.8) is 0 Å². The molecule has 1 atom stereocenters. The maximum absolute atomic E-state index is 5.76. The van der Waals surface area contributed by atoms with Crippen LogP contribution in [-0.4, -0.2) is 69.9 Å². The van der Waals surface area contributed by atoms with Crippen LogP contribution < -0.4 is 15.0 Å². The number of anilines is 1. The topological polar surface area (TPSA) is 62.5 Å². The summed E-state index contributed by atoms with van der Waals surface area (Å²) in [7, 11) is 1.71. The van der Waals surface area contributed by atoms with Crippen molar-refractivity contribution in [1.82, 2.24) is 10.2 Å². The van der Waals surface area contributed by atoms with E-state index in [0.29, 0.717) is 0 Å². The SMILES string of the molecule is COc1cccc(N2CCN(C(=NCC3CCCO3)NCCc3ccco3)CC2)c1. The van der Waals surface area contributed by atoms with Crippen molar-refractivity contribution in [2.24, 2.45) is 4.99 Å². The predicted molar refractivity (Wildman–Crippen MR) is 118 cm³/mol. The molecule has 3 heterocycles. The summed E-state index contributed by atoms with van der Waals surface area (Å²) in [5, 5.41) is 3.55. The van der Waals surface area contributed by atoms with E-state index < -0.39 is 0 Å². The molecule has 0 amide bonds. The van der Waals surface area contributed by atoms with Gasteiger partial charge >= 0.3 is 0 Å². The Morgan fingerprint density at radius 1 is 1.20 bits per heavy atom. The van der Waals surface area contributed by atoms with E-state index in [1.54, 1.807) is 13.4 Å². The van der Waals surface area contributed by atoms with Gasteiger partial charge in [-0.15, -0.1) is 0 Å². The van der Waals surface area contributed by atoms with E-state index in [9.17, 15) is 0 Å². The van der Waals surface area contributed by atoms with E-state index in [0.717, 1.165) is 82.6 Å². The highest BCUT2D eigenvalue weighted by Crippen LogP contribution is 2.22. The van der Waals surface area contributed by atoms with Gasteiger partial charge in [-0.2, -0.15) is 0 Å². The first-order chi connectivity index (χ1) is 14.8. The molecule has 2 saturated heterocycles. The van der Waals surface area contributed by atoms with E-state index >= 15 is 0 Å². The molecule has 1 N–H and O–H groups in total. The van der Waals surface area contributed by atoms with Crippen molar-refractivity contribution in [1.29, 1.82) is 0 Å². The number of aliphatic imine (C=N–C) groups is 1. The number of rotatable bonds is 7. The first-order valence-electron chi connectivity index (χ1n) is 10.9. The largest absolute Gasteiger partial charge is 0.497 e. The third-order valence-electron chi connectivity index (χ3n) is 5.70. The lowest BCUT2D eigenvalue weighted by Crippen LogP contribution is -2.53. The van der Waals surface area contributed by atoms with Gasteiger partial charge in [0.15, 0.2) is 5.96 Å². The smallest absolute Gasteiger partial charge is 0.194 e. The van der Waals surface area contributed by atoms with Gasteiger partial charge in [0, 0.05) is 57.5 Å². The monoisotopic (exact) mass is 412 g/mol. The average molecular weight is 413 g/mol. The van der Waals surface area contributed by atoms with Gasteiger partial charge in [0.2, 0.25) is 0 Å². The van der Waals surface area contributed by atoms with Crippen LogP contribution in [0, 0.1) is 0 Å². The summed E-state index contributed by atoms with van der Waals surface area (Å²) < 4.78 is 16.6. The Kier molecular flexibility index (Phi) is 7.13. The number of furan rings is 1. The fourth-order valence-electron chi connectivity index (χ4n) is 3.98. The van der Waals surface area contributed by atoms with Crippen molar-refractivity contribution in [3.8, 4) is 5.75 Å². The van der Waals surface area contributed by atoms with Crippen LogP contribution in [0.15, 0.2) is 52.1 Å². The van der Waals surface area contributed by atoms with Gasteiger partial charge in [-0.3, -0.25) is 4.99 Å². The standard InChI is InChI=1S/C23H32N4O3/c1-28-21-6-2-5-19(17-21)26-11-13-27(14-12-26)23(25-18-22-8-4-16-30-22)24-10-9-20-7-3-15-29-20/h2-3,5-7,15,17,22H,4,8-14,16,18H2,1H3,(H,24,25). The third kappa shape index (κ3) is 5.48. The van der Waals surface area contributed by atoms with Gasteiger partial charge < -0.3 is 29.0 Å². The van der Waals surface area contributed by atoms with Crippen molar-refractivity contribution in [3.05, 3.63) is 48.4 Å². The Morgan fingerprint density at radius 3 is 2.83 bits per heavy atom. The van der Waals surface area contributed by atoms with E-state index in [2.05, 4.69) is 27.2 Å². The van der Waals surface area contributed by atoms with Crippen LogP contribution in [0.3, 0.4) is 0 Å².